The maximum absolute atomic E-state index is 11.5. The zero-order chi connectivity index (χ0) is 10.4. The molecule has 0 aromatic carbocycles. The van der Waals surface area contributed by atoms with E-state index in [1.54, 1.807) is 7.11 Å². The van der Waals surface area contributed by atoms with Gasteiger partial charge >= 0.3 is 0 Å². The fourth-order valence-corrected chi connectivity index (χ4v) is 1.35. The fourth-order valence-electron chi connectivity index (χ4n) is 1.35. The van der Waals surface area contributed by atoms with Crippen molar-refractivity contribution in [2.24, 2.45) is 5.92 Å². The van der Waals surface area contributed by atoms with E-state index in [0.29, 0.717) is 13.0 Å². The van der Waals surface area contributed by atoms with E-state index in [1.165, 1.54) is 0 Å². The Bertz CT molecular complexity index is 177. The topological polar surface area (TPSA) is 70.6 Å². The molecule has 5 heteroatoms. The summed E-state index contributed by atoms with van der Waals surface area (Å²) < 4.78 is 4.95. The lowest BCUT2D eigenvalue weighted by Crippen LogP contribution is -2.53. The Labute approximate surface area is 83.8 Å². The average Bonchev–Trinajstić information content (AvgIpc) is 2.01. The molecule has 1 aliphatic heterocycles. The third-order valence-corrected chi connectivity index (χ3v) is 2.34. The van der Waals surface area contributed by atoms with Crippen LogP contribution < -0.4 is 10.6 Å². The van der Waals surface area contributed by atoms with Crippen molar-refractivity contribution in [3.05, 3.63) is 0 Å². The van der Waals surface area contributed by atoms with Gasteiger partial charge in [-0.3, -0.25) is 4.79 Å². The molecule has 1 fully saturated rings. The van der Waals surface area contributed by atoms with Crippen LogP contribution in [-0.4, -0.2) is 50.5 Å². The smallest absolute Gasteiger partial charge is 0.225 e. The lowest BCUT2D eigenvalue weighted by Gasteiger charge is -2.28. The van der Waals surface area contributed by atoms with Crippen LogP contribution in [0.2, 0.25) is 0 Å². The van der Waals surface area contributed by atoms with Gasteiger partial charge in [-0.05, 0) is 6.42 Å². The number of carbonyl (C=O) groups excluding carboxylic acids is 1. The molecule has 1 atom stereocenters. The number of aliphatic hydroxyl groups is 1. The standard InChI is InChI=1S/C9H18N2O3/c1-14-6-8(2-3-12)11-9(13)7-4-10-5-7/h7-8,10,12H,2-6H2,1H3,(H,11,13). The first-order valence-electron chi connectivity index (χ1n) is 4.88. The number of nitrogens with one attached hydrogen (secondary N) is 2. The predicted molar refractivity (Wildman–Crippen MR) is 51.9 cm³/mol. The Hall–Kier alpha value is -0.650. The van der Waals surface area contributed by atoms with E-state index in [2.05, 4.69) is 10.6 Å². The third kappa shape index (κ3) is 3.25. The molecule has 0 aromatic heterocycles. The van der Waals surface area contributed by atoms with Crippen molar-refractivity contribution in [3.8, 4) is 0 Å². The Kier molecular flexibility index (Phi) is 4.86. The summed E-state index contributed by atoms with van der Waals surface area (Å²) in [5, 5.41) is 14.7. The van der Waals surface area contributed by atoms with Gasteiger partial charge in [0.1, 0.15) is 0 Å². The van der Waals surface area contributed by atoms with Gasteiger partial charge < -0.3 is 20.5 Å². The van der Waals surface area contributed by atoms with Crippen molar-refractivity contribution in [2.45, 2.75) is 12.5 Å². The number of ether oxygens (including phenoxy) is 1. The molecule has 82 valence electrons. The van der Waals surface area contributed by atoms with Crippen LogP contribution in [0.15, 0.2) is 0 Å². The highest BCUT2D eigenvalue weighted by Crippen LogP contribution is 2.03. The molecular formula is C9H18N2O3. The maximum atomic E-state index is 11.5. The van der Waals surface area contributed by atoms with Crippen LogP contribution in [0.1, 0.15) is 6.42 Å². The van der Waals surface area contributed by atoms with Crippen molar-refractivity contribution < 1.29 is 14.6 Å². The highest BCUT2D eigenvalue weighted by atomic mass is 16.5. The minimum Gasteiger partial charge on any atom is -0.396 e. The Balaban J connectivity index is 2.25. The molecule has 0 aromatic rings. The predicted octanol–water partition coefficient (Wildman–Crippen LogP) is -1.28. The molecule has 0 bridgehead atoms. The van der Waals surface area contributed by atoms with E-state index in [9.17, 15) is 4.79 Å². The summed E-state index contributed by atoms with van der Waals surface area (Å²) in [6, 6.07) is -0.0712. The number of hydrogen-bond acceptors (Lipinski definition) is 4. The quantitative estimate of drug-likeness (QED) is 0.502. The molecular weight excluding hydrogens is 184 g/mol. The first-order valence-corrected chi connectivity index (χ1v) is 4.88. The summed E-state index contributed by atoms with van der Waals surface area (Å²) in [4.78, 5) is 11.5. The van der Waals surface area contributed by atoms with Gasteiger partial charge in [0.25, 0.3) is 0 Å². The zero-order valence-corrected chi connectivity index (χ0v) is 8.45. The van der Waals surface area contributed by atoms with Gasteiger partial charge in [-0.15, -0.1) is 0 Å². The van der Waals surface area contributed by atoms with Crippen LogP contribution in [0, 0.1) is 5.92 Å². The number of amides is 1. The maximum Gasteiger partial charge on any atom is 0.225 e. The summed E-state index contributed by atoms with van der Waals surface area (Å²) in [5.74, 6) is 0.146. The van der Waals surface area contributed by atoms with E-state index in [4.69, 9.17) is 9.84 Å². The van der Waals surface area contributed by atoms with Gasteiger partial charge in [-0.25, -0.2) is 0 Å². The zero-order valence-electron chi connectivity index (χ0n) is 8.45. The van der Waals surface area contributed by atoms with Crippen molar-refractivity contribution in [2.75, 3.05) is 33.4 Å². The van der Waals surface area contributed by atoms with Crippen LogP contribution in [-0.2, 0) is 9.53 Å². The monoisotopic (exact) mass is 202 g/mol. The molecule has 1 saturated heterocycles. The molecule has 1 amide bonds. The second-order valence-corrected chi connectivity index (χ2v) is 3.53. The van der Waals surface area contributed by atoms with Crippen LogP contribution in [0.25, 0.3) is 0 Å². The summed E-state index contributed by atoms with van der Waals surface area (Å²) in [7, 11) is 1.58. The lowest BCUT2D eigenvalue weighted by molar-refractivity contribution is -0.127. The van der Waals surface area contributed by atoms with Crippen molar-refractivity contribution >= 4 is 5.91 Å². The number of carbonyl (C=O) groups is 1. The van der Waals surface area contributed by atoms with Gasteiger partial charge in [0.2, 0.25) is 5.91 Å². The minimum atomic E-state index is -0.0712. The van der Waals surface area contributed by atoms with E-state index < -0.39 is 0 Å². The van der Waals surface area contributed by atoms with Crippen LogP contribution in [0.4, 0.5) is 0 Å². The van der Waals surface area contributed by atoms with Gasteiger partial charge in [-0.1, -0.05) is 0 Å². The molecule has 14 heavy (non-hydrogen) atoms. The SMILES string of the molecule is COCC(CCO)NC(=O)C1CNC1. The van der Waals surface area contributed by atoms with Crippen LogP contribution in [0.3, 0.4) is 0 Å². The summed E-state index contributed by atoms with van der Waals surface area (Å²) in [6.45, 7) is 2.03. The summed E-state index contributed by atoms with van der Waals surface area (Å²) >= 11 is 0. The van der Waals surface area contributed by atoms with Crippen molar-refractivity contribution in [3.63, 3.8) is 0 Å². The molecule has 0 radical (unpaired) electrons. The van der Waals surface area contributed by atoms with Crippen molar-refractivity contribution in [1.82, 2.24) is 10.6 Å². The molecule has 3 N–H and O–H groups in total. The van der Waals surface area contributed by atoms with E-state index in [0.717, 1.165) is 13.1 Å². The average molecular weight is 202 g/mol. The molecule has 1 rings (SSSR count). The third-order valence-electron chi connectivity index (χ3n) is 2.34. The Morgan fingerprint density at radius 1 is 1.71 bits per heavy atom. The largest absolute Gasteiger partial charge is 0.396 e. The molecule has 1 heterocycles. The number of methoxy groups -OCH3 is 1. The fraction of sp³-hybridized carbons (Fsp3) is 0.889. The molecule has 0 saturated carbocycles. The number of rotatable bonds is 6. The van der Waals surface area contributed by atoms with E-state index in [1.807, 2.05) is 0 Å². The van der Waals surface area contributed by atoms with Gasteiger partial charge in [0.15, 0.2) is 0 Å². The highest BCUT2D eigenvalue weighted by molar-refractivity contribution is 5.80. The number of hydrogen-bond donors (Lipinski definition) is 3. The minimum absolute atomic E-state index is 0.0549. The normalized spacial score (nSPS) is 18.7. The summed E-state index contributed by atoms with van der Waals surface area (Å²) in [6.07, 6.45) is 0.541. The van der Waals surface area contributed by atoms with E-state index >= 15 is 0 Å². The number of aliphatic hydroxyl groups excluding tert-OH is 1. The molecule has 0 spiro atoms. The van der Waals surface area contributed by atoms with Gasteiger partial charge in [0.05, 0.1) is 18.6 Å². The molecule has 5 nitrogen and oxygen atoms in total. The van der Waals surface area contributed by atoms with Crippen LogP contribution in [0.5, 0.6) is 0 Å². The lowest BCUT2D eigenvalue weighted by atomic mass is 10.0. The van der Waals surface area contributed by atoms with Crippen LogP contribution >= 0.6 is 0 Å². The second-order valence-electron chi connectivity index (χ2n) is 3.53. The molecule has 1 unspecified atom stereocenters. The summed E-state index contributed by atoms with van der Waals surface area (Å²) in [5.41, 5.74) is 0. The first-order chi connectivity index (χ1) is 6.77. The molecule has 0 aliphatic carbocycles. The van der Waals surface area contributed by atoms with E-state index in [-0.39, 0.29) is 24.5 Å². The van der Waals surface area contributed by atoms with Gasteiger partial charge in [0, 0.05) is 26.8 Å². The van der Waals surface area contributed by atoms with Gasteiger partial charge in [-0.2, -0.15) is 0 Å². The highest BCUT2D eigenvalue weighted by Gasteiger charge is 2.26. The Morgan fingerprint density at radius 3 is 2.86 bits per heavy atom. The second kappa shape index (κ2) is 5.95. The molecule has 1 aliphatic rings. The Morgan fingerprint density at radius 2 is 2.43 bits per heavy atom. The first kappa shape index (κ1) is 11.4. The van der Waals surface area contributed by atoms with Crippen molar-refractivity contribution in [1.29, 1.82) is 0 Å².